The van der Waals surface area contributed by atoms with Crippen LogP contribution in [0.5, 0.6) is 0 Å². The summed E-state index contributed by atoms with van der Waals surface area (Å²) < 4.78 is 20.9. The lowest BCUT2D eigenvalue weighted by molar-refractivity contribution is 0.0472. The molecule has 126 valence electrons. The van der Waals surface area contributed by atoms with Gasteiger partial charge in [-0.25, -0.2) is 9.18 Å². The number of carbonyl (C=O) groups is 1. The van der Waals surface area contributed by atoms with Gasteiger partial charge in [0, 0.05) is 12.1 Å². The zero-order valence-corrected chi connectivity index (χ0v) is 13.6. The lowest BCUT2D eigenvalue weighted by atomic mass is 10.0. The van der Waals surface area contributed by atoms with E-state index in [1.165, 1.54) is 12.1 Å². The quantitative estimate of drug-likeness (QED) is 0.677. The number of fused-ring (bicyclic) bond motifs is 1. The molecule has 0 amide bonds. The number of esters is 1. The van der Waals surface area contributed by atoms with Crippen LogP contribution in [0, 0.1) is 5.82 Å². The number of halogens is 1. The van der Waals surface area contributed by atoms with E-state index in [9.17, 15) is 9.18 Å². The number of ether oxygens (including phenoxy) is 1. The molecule has 0 radical (unpaired) electrons. The van der Waals surface area contributed by atoms with Crippen LogP contribution in [0.1, 0.15) is 28.0 Å². The van der Waals surface area contributed by atoms with Gasteiger partial charge in [0.2, 0.25) is 0 Å². The van der Waals surface area contributed by atoms with E-state index < -0.39 is 5.97 Å². The average Bonchev–Trinajstić information content (AvgIpc) is 3.21. The third kappa shape index (κ3) is 3.05. The molecule has 3 aromatic rings. The molecule has 5 heteroatoms. The lowest BCUT2D eigenvalue weighted by Gasteiger charge is -2.07. The first-order valence-electron chi connectivity index (χ1n) is 8.29. The normalized spacial score (nSPS) is 12.8. The molecule has 0 spiro atoms. The van der Waals surface area contributed by atoms with Crippen LogP contribution >= 0.6 is 0 Å². The summed E-state index contributed by atoms with van der Waals surface area (Å²) in [6, 6.07) is 15.7. The van der Waals surface area contributed by atoms with Gasteiger partial charge in [-0.05, 0) is 30.5 Å². The molecular weight excluding hydrogens is 319 g/mol. The van der Waals surface area contributed by atoms with Crippen molar-refractivity contribution in [1.29, 1.82) is 0 Å². The van der Waals surface area contributed by atoms with E-state index in [-0.39, 0.29) is 12.4 Å². The molecule has 4 rings (SSSR count). The van der Waals surface area contributed by atoms with Crippen molar-refractivity contribution in [2.75, 3.05) is 0 Å². The Balaban J connectivity index is 1.67. The second-order valence-corrected chi connectivity index (χ2v) is 6.07. The third-order valence-electron chi connectivity index (χ3n) is 4.36. The highest BCUT2D eigenvalue weighted by molar-refractivity contribution is 5.97. The fourth-order valence-electron chi connectivity index (χ4n) is 3.18. The minimum atomic E-state index is -0.411. The van der Waals surface area contributed by atoms with Crippen LogP contribution in [-0.2, 0) is 24.3 Å². The van der Waals surface area contributed by atoms with Crippen molar-refractivity contribution in [2.45, 2.75) is 26.0 Å². The molecule has 4 nitrogen and oxygen atoms in total. The van der Waals surface area contributed by atoms with Gasteiger partial charge in [0.15, 0.2) is 0 Å². The maximum absolute atomic E-state index is 13.6. The molecule has 2 heterocycles. The lowest BCUT2D eigenvalue weighted by Crippen LogP contribution is -2.08. The van der Waals surface area contributed by atoms with E-state index in [1.807, 2.05) is 35.0 Å². The van der Waals surface area contributed by atoms with Crippen LogP contribution in [0.4, 0.5) is 4.39 Å². The van der Waals surface area contributed by atoms with Gasteiger partial charge in [0.05, 0.1) is 5.69 Å². The maximum Gasteiger partial charge on any atom is 0.342 e. The van der Waals surface area contributed by atoms with Crippen LogP contribution in [0.15, 0.2) is 54.6 Å². The molecule has 0 fully saturated rings. The number of hydrogen-bond acceptors (Lipinski definition) is 3. The minimum Gasteiger partial charge on any atom is -0.457 e. The van der Waals surface area contributed by atoms with Gasteiger partial charge in [-0.1, -0.05) is 42.5 Å². The van der Waals surface area contributed by atoms with Gasteiger partial charge >= 0.3 is 5.97 Å². The molecule has 0 saturated carbocycles. The molecule has 25 heavy (non-hydrogen) atoms. The molecule has 0 aliphatic carbocycles. The van der Waals surface area contributed by atoms with Crippen molar-refractivity contribution in [3.63, 3.8) is 0 Å². The van der Waals surface area contributed by atoms with Crippen molar-refractivity contribution in [1.82, 2.24) is 9.78 Å². The molecular formula is C20H17FN2O2. The van der Waals surface area contributed by atoms with Crippen molar-refractivity contribution in [3.05, 3.63) is 77.2 Å². The summed E-state index contributed by atoms with van der Waals surface area (Å²) >= 11 is 0. The van der Waals surface area contributed by atoms with Gasteiger partial charge in [-0.2, -0.15) is 5.10 Å². The van der Waals surface area contributed by atoms with Crippen LogP contribution in [0.3, 0.4) is 0 Å². The summed E-state index contributed by atoms with van der Waals surface area (Å²) in [7, 11) is 0. The standard InChI is InChI=1S/C20H17FN2O2/c21-16-9-4-8-15(12-16)19-18(17-10-5-11-23(17)22-19)20(24)25-13-14-6-2-1-3-7-14/h1-4,6-9,12H,5,10-11,13H2. The topological polar surface area (TPSA) is 44.1 Å². The molecule has 0 unspecified atom stereocenters. The van der Waals surface area contributed by atoms with Crippen molar-refractivity contribution >= 4 is 5.97 Å². The van der Waals surface area contributed by atoms with Crippen molar-refractivity contribution < 1.29 is 13.9 Å². The maximum atomic E-state index is 13.6. The highest BCUT2D eigenvalue weighted by Crippen LogP contribution is 2.30. The molecule has 1 aliphatic heterocycles. The average molecular weight is 336 g/mol. The van der Waals surface area contributed by atoms with Crippen LogP contribution in [0.25, 0.3) is 11.3 Å². The Morgan fingerprint density at radius 2 is 2.00 bits per heavy atom. The van der Waals surface area contributed by atoms with Crippen LogP contribution in [-0.4, -0.2) is 15.7 Å². The molecule has 1 aromatic heterocycles. The Hall–Kier alpha value is -2.95. The third-order valence-corrected chi connectivity index (χ3v) is 4.36. The largest absolute Gasteiger partial charge is 0.457 e. The first-order chi connectivity index (χ1) is 12.2. The van der Waals surface area contributed by atoms with Gasteiger partial charge in [-0.3, -0.25) is 4.68 Å². The predicted molar refractivity (Wildman–Crippen MR) is 91.5 cm³/mol. The summed E-state index contributed by atoms with van der Waals surface area (Å²) in [4.78, 5) is 12.7. The van der Waals surface area contributed by atoms with E-state index >= 15 is 0 Å². The Kier molecular flexibility index (Phi) is 4.06. The highest BCUT2D eigenvalue weighted by atomic mass is 19.1. The van der Waals surface area contributed by atoms with E-state index in [1.54, 1.807) is 12.1 Å². The number of aromatic nitrogens is 2. The molecule has 0 bridgehead atoms. The van der Waals surface area contributed by atoms with Crippen molar-refractivity contribution in [2.24, 2.45) is 0 Å². The summed E-state index contributed by atoms with van der Waals surface area (Å²) in [5.74, 6) is -0.763. The Morgan fingerprint density at radius 1 is 1.16 bits per heavy atom. The molecule has 0 saturated heterocycles. The number of hydrogen-bond donors (Lipinski definition) is 0. The number of nitrogens with zero attached hydrogens (tertiary/aromatic N) is 2. The first-order valence-corrected chi connectivity index (χ1v) is 8.29. The summed E-state index contributed by atoms with van der Waals surface area (Å²) in [6.45, 7) is 0.969. The first kappa shape index (κ1) is 15.6. The zero-order valence-electron chi connectivity index (χ0n) is 13.6. The number of carbonyl (C=O) groups excluding carboxylic acids is 1. The van der Waals surface area contributed by atoms with Gasteiger partial charge in [0.1, 0.15) is 23.7 Å². The Morgan fingerprint density at radius 3 is 2.80 bits per heavy atom. The fourth-order valence-corrected chi connectivity index (χ4v) is 3.18. The SMILES string of the molecule is O=C(OCc1ccccc1)c1c(-c2cccc(F)c2)nn2c1CCC2. The number of benzene rings is 2. The van der Waals surface area contributed by atoms with Gasteiger partial charge in [0.25, 0.3) is 0 Å². The summed E-state index contributed by atoms with van der Waals surface area (Å²) in [6.07, 6.45) is 1.73. The van der Waals surface area contributed by atoms with E-state index in [0.29, 0.717) is 16.8 Å². The van der Waals surface area contributed by atoms with E-state index in [2.05, 4.69) is 5.10 Å². The second kappa shape index (κ2) is 6.51. The highest BCUT2D eigenvalue weighted by Gasteiger charge is 2.28. The van der Waals surface area contributed by atoms with E-state index in [0.717, 1.165) is 30.6 Å². The predicted octanol–water partition coefficient (Wildman–Crippen LogP) is 3.99. The monoisotopic (exact) mass is 336 g/mol. The zero-order chi connectivity index (χ0) is 17.2. The van der Waals surface area contributed by atoms with Gasteiger partial charge in [-0.15, -0.1) is 0 Å². The van der Waals surface area contributed by atoms with Crippen LogP contribution < -0.4 is 0 Å². The second-order valence-electron chi connectivity index (χ2n) is 6.07. The molecule has 0 N–H and O–H groups in total. The minimum absolute atomic E-state index is 0.201. The number of aryl methyl sites for hydroxylation is 1. The number of rotatable bonds is 4. The summed E-state index contributed by atoms with van der Waals surface area (Å²) in [5, 5.41) is 4.53. The fraction of sp³-hybridized carbons (Fsp3) is 0.200. The van der Waals surface area contributed by atoms with Crippen LogP contribution in [0.2, 0.25) is 0 Å². The van der Waals surface area contributed by atoms with Gasteiger partial charge < -0.3 is 4.74 Å². The molecule has 2 aromatic carbocycles. The Labute approximate surface area is 144 Å². The molecule has 0 atom stereocenters. The van der Waals surface area contributed by atoms with Crippen molar-refractivity contribution in [3.8, 4) is 11.3 Å². The Bertz CT molecular complexity index is 919. The molecule has 1 aliphatic rings. The smallest absolute Gasteiger partial charge is 0.342 e. The van der Waals surface area contributed by atoms with E-state index in [4.69, 9.17) is 4.74 Å². The summed E-state index contributed by atoms with van der Waals surface area (Å²) in [5.41, 5.74) is 3.34.